The number of alkyl halides is 3. The summed E-state index contributed by atoms with van der Waals surface area (Å²) >= 11 is 0.923. The summed E-state index contributed by atoms with van der Waals surface area (Å²) in [6, 6.07) is 2.94. The van der Waals surface area contributed by atoms with Crippen LogP contribution in [-0.2, 0) is 17.5 Å². The van der Waals surface area contributed by atoms with E-state index in [4.69, 9.17) is 15.5 Å². The summed E-state index contributed by atoms with van der Waals surface area (Å²) in [6.07, 6.45) is 0.844. The predicted molar refractivity (Wildman–Crippen MR) is 110 cm³/mol. The molecule has 0 saturated carbocycles. The second-order valence-electron chi connectivity index (χ2n) is 7.89. The van der Waals surface area contributed by atoms with Crippen molar-refractivity contribution in [3.05, 3.63) is 41.6 Å². The fourth-order valence-corrected chi connectivity index (χ4v) is 5.36. The molecule has 7 nitrogen and oxygen atoms in total. The summed E-state index contributed by atoms with van der Waals surface area (Å²) in [5.41, 5.74) is 6.31. The van der Waals surface area contributed by atoms with Crippen molar-refractivity contribution in [2.45, 2.75) is 48.5 Å². The summed E-state index contributed by atoms with van der Waals surface area (Å²) in [5, 5.41) is 0.426. The van der Waals surface area contributed by atoms with Crippen LogP contribution < -0.4 is 10.6 Å². The van der Waals surface area contributed by atoms with Gasteiger partial charge in [-0.2, -0.15) is 13.2 Å². The lowest BCUT2D eigenvalue weighted by Crippen LogP contribution is -2.53. The molecule has 0 bridgehead atoms. The Morgan fingerprint density at radius 3 is 2.74 bits per heavy atom. The maximum atomic E-state index is 13.2. The molecule has 0 unspecified atom stereocenters. The minimum atomic E-state index is -4.53. The van der Waals surface area contributed by atoms with Crippen molar-refractivity contribution in [1.82, 2.24) is 15.0 Å². The van der Waals surface area contributed by atoms with E-state index in [2.05, 4.69) is 19.9 Å². The van der Waals surface area contributed by atoms with Crippen molar-refractivity contribution < 1.29 is 17.9 Å². The highest BCUT2D eigenvalue weighted by Crippen LogP contribution is 2.39. The van der Waals surface area contributed by atoms with E-state index in [-0.39, 0.29) is 16.5 Å². The van der Waals surface area contributed by atoms with Crippen molar-refractivity contribution in [1.29, 1.82) is 0 Å². The van der Waals surface area contributed by atoms with Crippen LogP contribution >= 0.6 is 11.8 Å². The number of halogens is 3. The summed E-state index contributed by atoms with van der Waals surface area (Å²) < 4.78 is 45.7. The fraction of sp³-hybridized carbons (Fsp3) is 0.500. The number of fused-ring (bicyclic) bond motifs is 1. The Balaban J connectivity index is 1.31. The Morgan fingerprint density at radius 2 is 2.03 bits per heavy atom. The Kier molecular flexibility index (Phi) is 5.14. The summed E-state index contributed by atoms with van der Waals surface area (Å²) in [6.45, 7) is 2.55. The molecule has 5 rings (SSSR count). The van der Waals surface area contributed by atoms with Gasteiger partial charge in [0, 0.05) is 36.8 Å². The molecule has 1 atom stereocenters. The fourth-order valence-electron chi connectivity index (χ4n) is 4.34. The SMILES string of the molecule is N[C@H]1CCOC12CCN(c1cnc3c(n1)CN=C3Sc1cccnc1C(F)(F)F)CC2. The zero-order valence-electron chi connectivity index (χ0n) is 16.6. The van der Waals surface area contributed by atoms with Gasteiger partial charge in [-0.1, -0.05) is 11.8 Å². The Bertz CT molecular complexity index is 1020. The second-order valence-corrected chi connectivity index (χ2v) is 8.92. The van der Waals surface area contributed by atoms with Crippen LogP contribution in [0.5, 0.6) is 0 Å². The van der Waals surface area contributed by atoms with E-state index in [0.29, 0.717) is 29.6 Å². The average molecular weight is 450 g/mol. The number of anilines is 1. The van der Waals surface area contributed by atoms with Crippen LogP contribution in [-0.4, -0.2) is 51.3 Å². The zero-order chi connectivity index (χ0) is 21.6. The van der Waals surface area contributed by atoms with Gasteiger partial charge in [0.1, 0.15) is 16.6 Å². The number of aromatic nitrogens is 3. The molecule has 0 aliphatic carbocycles. The van der Waals surface area contributed by atoms with Gasteiger partial charge in [0.15, 0.2) is 5.69 Å². The van der Waals surface area contributed by atoms with E-state index in [1.807, 2.05) is 0 Å². The number of rotatable bonds is 2. The topological polar surface area (TPSA) is 89.5 Å². The molecule has 5 heterocycles. The van der Waals surface area contributed by atoms with Crippen molar-refractivity contribution in [2.75, 3.05) is 24.6 Å². The molecule has 2 N–H and O–H groups in total. The highest BCUT2D eigenvalue weighted by molar-refractivity contribution is 8.14. The highest BCUT2D eigenvalue weighted by atomic mass is 32.2. The standard InChI is InChI=1S/C20H21F3N6OS/c21-20(22,23)17-13(2-1-6-25-17)31-18-16-12(10-27-18)28-15(11-26-16)29-7-4-19(5-8-29)14(24)3-9-30-19/h1-2,6,11,14H,3-5,7-10,24H2/t14-/m0/s1. The monoisotopic (exact) mass is 450 g/mol. The van der Waals surface area contributed by atoms with Gasteiger partial charge in [0.25, 0.3) is 0 Å². The first-order valence-electron chi connectivity index (χ1n) is 10.1. The molecule has 0 amide bonds. The molecule has 0 radical (unpaired) electrons. The normalized spacial score (nSPS) is 22.6. The molecule has 2 aromatic rings. The lowest BCUT2D eigenvalue weighted by atomic mass is 9.85. The summed E-state index contributed by atoms with van der Waals surface area (Å²) in [4.78, 5) is 19.2. The van der Waals surface area contributed by atoms with Gasteiger partial charge >= 0.3 is 6.18 Å². The van der Waals surface area contributed by atoms with Crippen molar-refractivity contribution in [3.63, 3.8) is 0 Å². The number of thioether (sulfide) groups is 1. The molecule has 1 spiro atoms. The van der Waals surface area contributed by atoms with Crippen LogP contribution in [0.25, 0.3) is 0 Å². The van der Waals surface area contributed by atoms with Gasteiger partial charge in [0.05, 0.1) is 24.0 Å². The van der Waals surface area contributed by atoms with E-state index in [9.17, 15) is 13.2 Å². The van der Waals surface area contributed by atoms with Gasteiger partial charge in [-0.3, -0.25) is 9.98 Å². The lowest BCUT2D eigenvalue weighted by molar-refractivity contribution is -0.143. The molecule has 0 aromatic carbocycles. The van der Waals surface area contributed by atoms with Crippen molar-refractivity contribution >= 4 is 22.6 Å². The molecule has 2 saturated heterocycles. The number of nitrogens with zero attached hydrogens (tertiary/aromatic N) is 5. The lowest BCUT2D eigenvalue weighted by Gasteiger charge is -2.41. The van der Waals surface area contributed by atoms with Crippen LogP contribution in [0, 0.1) is 0 Å². The van der Waals surface area contributed by atoms with Crippen LogP contribution in [0.3, 0.4) is 0 Å². The molecule has 2 aromatic heterocycles. The van der Waals surface area contributed by atoms with Crippen LogP contribution in [0.4, 0.5) is 19.0 Å². The largest absolute Gasteiger partial charge is 0.434 e. The minimum absolute atomic E-state index is 0.00158. The van der Waals surface area contributed by atoms with Gasteiger partial charge in [-0.05, 0) is 31.4 Å². The number of nitrogens with two attached hydrogens (primary N) is 1. The molecular formula is C20H21F3N6OS. The third-order valence-electron chi connectivity index (χ3n) is 6.08. The maximum Gasteiger partial charge on any atom is 0.434 e. The van der Waals surface area contributed by atoms with E-state index in [1.165, 1.54) is 12.1 Å². The Morgan fingerprint density at radius 1 is 1.23 bits per heavy atom. The van der Waals surface area contributed by atoms with Gasteiger partial charge in [0.2, 0.25) is 0 Å². The maximum absolute atomic E-state index is 13.2. The first-order valence-corrected chi connectivity index (χ1v) is 10.9. The van der Waals surface area contributed by atoms with E-state index in [1.54, 1.807) is 6.20 Å². The average Bonchev–Trinajstić information content (AvgIpc) is 3.31. The number of hydrogen-bond acceptors (Lipinski definition) is 8. The Hall–Kier alpha value is -2.24. The third kappa shape index (κ3) is 3.79. The smallest absolute Gasteiger partial charge is 0.373 e. The summed E-state index contributed by atoms with van der Waals surface area (Å²) in [7, 11) is 0. The molecule has 31 heavy (non-hydrogen) atoms. The number of hydrogen-bond donors (Lipinski definition) is 1. The number of ether oxygens (including phenoxy) is 1. The van der Waals surface area contributed by atoms with Gasteiger partial charge < -0.3 is 15.4 Å². The molecule has 2 fully saturated rings. The number of aliphatic imine (C=N–C) groups is 1. The van der Waals surface area contributed by atoms with Crippen LogP contribution in [0.15, 0.2) is 34.4 Å². The third-order valence-corrected chi connectivity index (χ3v) is 7.15. The highest BCUT2D eigenvalue weighted by Gasteiger charge is 2.44. The van der Waals surface area contributed by atoms with E-state index < -0.39 is 11.9 Å². The second kappa shape index (κ2) is 7.72. The molecule has 3 aliphatic rings. The first-order chi connectivity index (χ1) is 14.9. The predicted octanol–water partition coefficient (Wildman–Crippen LogP) is 3.03. The van der Waals surface area contributed by atoms with Gasteiger partial charge in [-0.15, -0.1) is 0 Å². The van der Waals surface area contributed by atoms with Gasteiger partial charge in [-0.25, -0.2) is 9.97 Å². The quantitative estimate of drug-likeness (QED) is 0.752. The molecule has 11 heteroatoms. The minimum Gasteiger partial charge on any atom is -0.373 e. The summed E-state index contributed by atoms with van der Waals surface area (Å²) in [5.74, 6) is 0.749. The van der Waals surface area contributed by atoms with E-state index in [0.717, 1.165) is 56.1 Å². The molecule has 3 aliphatic heterocycles. The van der Waals surface area contributed by atoms with Crippen LogP contribution in [0.2, 0.25) is 0 Å². The molecular weight excluding hydrogens is 429 g/mol. The van der Waals surface area contributed by atoms with Crippen LogP contribution in [0.1, 0.15) is 36.3 Å². The Labute approximate surface area is 181 Å². The van der Waals surface area contributed by atoms with Crippen molar-refractivity contribution in [3.8, 4) is 0 Å². The number of piperidine rings is 1. The molecule has 164 valence electrons. The first kappa shape index (κ1) is 20.7. The van der Waals surface area contributed by atoms with E-state index >= 15 is 0 Å². The number of pyridine rings is 1. The van der Waals surface area contributed by atoms with Crippen molar-refractivity contribution in [2.24, 2.45) is 10.7 Å². The zero-order valence-corrected chi connectivity index (χ0v) is 17.4.